The van der Waals surface area contributed by atoms with Gasteiger partial charge in [0.25, 0.3) is 5.91 Å². The van der Waals surface area contributed by atoms with Crippen molar-refractivity contribution in [2.75, 3.05) is 19.6 Å². The maximum absolute atomic E-state index is 12.0. The van der Waals surface area contributed by atoms with E-state index in [2.05, 4.69) is 27.4 Å². The van der Waals surface area contributed by atoms with E-state index in [4.69, 9.17) is 0 Å². The second-order valence-corrected chi connectivity index (χ2v) is 5.05. The lowest BCUT2D eigenvalue weighted by molar-refractivity contribution is -0.126. The molecule has 110 valence electrons. The van der Waals surface area contributed by atoms with Gasteiger partial charge in [-0.15, -0.1) is 0 Å². The van der Waals surface area contributed by atoms with Crippen LogP contribution in [0.25, 0.3) is 0 Å². The monoisotopic (exact) mass is 279 g/mol. The third-order valence-electron chi connectivity index (χ3n) is 3.60. The van der Waals surface area contributed by atoms with Crippen molar-refractivity contribution in [3.8, 4) is 0 Å². The molecule has 0 radical (unpaired) electrons. The highest BCUT2D eigenvalue weighted by molar-refractivity contribution is 5.90. The fraction of sp³-hybridized carbons (Fsp3) is 0.692. The zero-order chi connectivity index (χ0) is 14.4. The lowest BCUT2D eigenvalue weighted by Gasteiger charge is -2.30. The summed E-state index contributed by atoms with van der Waals surface area (Å²) < 4.78 is 0. The summed E-state index contributed by atoms with van der Waals surface area (Å²) in [5, 5.41) is 9.20. The van der Waals surface area contributed by atoms with Crippen LogP contribution in [0.5, 0.6) is 0 Å². The van der Waals surface area contributed by atoms with Crippen LogP contribution in [-0.4, -0.2) is 51.5 Å². The molecule has 1 aromatic rings. The van der Waals surface area contributed by atoms with Gasteiger partial charge >= 0.3 is 0 Å². The van der Waals surface area contributed by atoms with E-state index >= 15 is 0 Å². The van der Waals surface area contributed by atoms with Crippen LogP contribution in [0, 0.1) is 5.92 Å². The minimum absolute atomic E-state index is 0.0191. The summed E-state index contributed by atoms with van der Waals surface area (Å²) in [5.74, 6) is 0.249. The van der Waals surface area contributed by atoms with Crippen LogP contribution >= 0.6 is 0 Å². The van der Waals surface area contributed by atoms with Crippen molar-refractivity contribution >= 4 is 11.8 Å². The molecule has 1 aromatic heterocycles. The predicted octanol–water partition coefficient (Wildman–Crippen LogP) is 0.573. The Bertz CT molecular complexity index is 438. The van der Waals surface area contributed by atoms with Gasteiger partial charge in [-0.2, -0.15) is 5.10 Å². The smallest absolute Gasteiger partial charge is 0.291 e. The fourth-order valence-electron chi connectivity index (χ4n) is 2.34. The Morgan fingerprint density at radius 2 is 2.20 bits per heavy atom. The van der Waals surface area contributed by atoms with Gasteiger partial charge in [-0.05, 0) is 19.3 Å². The Hall–Kier alpha value is -1.92. The van der Waals surface area contributed by atoms with E-state index in [0.717, 1.165) is 19.4 Å². The van der Waals surface area contributed by atoms with Gasteiger partial charge in [0.1, 0.15) is 6.33 Å². The molecule has 0 spiro atoms. The number of nitrogens with zero attached hydrogens (tertiary/aromatic N) is 3. The molecule has 2 heterocycles. The van der Waals surface area contributed by atoms with E-state index in [1.807, 2.05) is 0 Å². The Morgan fingerprint density at radius 3 is 2.80 bits per heavy atom. The van der Waals surface area contributed by atoms with E-state index in [1.165, 1.54) is 6.33 Å². The van der Waals surface area contributed by atoms with Crippen molar-refractivity contribution in [1.29, 1.82) is 0 Å². The lowest BCUT2D eigenvalue weighted by Crippen LogP contribution is -2.43. The van der Waals surface area contributed by atoms with Gasteiger partial charge in [0.05, 0.1) is 0 Å². The van der Waals surface area contributed by atoms with Crippen LogP contribution < -0.4 is 5.32 Å². The van der Waals surface area contributed by atoms with Gasteiger partial charge in [0.2, 0.25) is 11.7 Å². The fourth-order valence-corrected chi connectivity index (χ4v) is 2.34. The van der Waals surface area contributed by atoms with Gasteiger partial charge in [-0.1, -0.05) is 13.3 Å². The van der Waals surface area contributed by atoms with Crippen molar-refractivity contribution in [3.63, 3.8) is 0 Å². The third-order valence-corrected chi connectivity index (χ3v) is 3.60. The first-order valence-electron chi connectivity index (χ1n) is 7.14. The third kappa shape index (κ3) is 3.55. The average Bonchev–Trinajstić information content (AvgIpc) is 3.01. The number of hydrogen-bond acceptors (Lipinski definition) is 4. The molecule has 1 fully saturated rings. The van der Waals surface area contributed by atoms with Crippen molar-refractivity contribution in [2.24, 2.45) is 5.92 Å². The standard InChI is InChI=1S/C13H21N5O2/c1-2-3-6-14-12(19)10-4-7-18(8-5-10)13(20)11-15-9-16-17-11/h9-10H,2-8H2,1H3,(H,14,19)(H,15,16,17). The highest BCUT2D eigenvalue weighted by Crippen LogP contribution is 2.18. The minimum Gasteiger partial charge on any atom is -0.356 e. The van der Waals surface area contributed by atoms with Gasteiger partial charge in [0.15, 0.2) is 0 Å². The number of aromatic nitrogens is 3. The topological polar surface area (TPSA) is 91.0 Å². The average molecular weight is 279 g/mol. The van der Waals surface area contributed by atoms with Crippen LogP contribution in [0.2, 0.25) is 0 Å². The van der Waals surface area contributed by atoms with Crippen LogP contribution in [0.3, 0.4) is 0 Å². The molecule has 0 aliphatic carbocycles. The Kier molecular flexibility index (Phi) is 5.09. The summed E-state index contributed by atoms with van der Waals surface area (Å²) in [7, 11) is 0. The van der Waals surface area contributed by atoms with Crippen molar-refractivity contribution in [2.45, 2.75) is 32.6 Å². The molecule has 2 amide bonds. The van der Waals surface area contributed by atoms with E-state index in [1.54, 1.807) is 4.90 Å². The quantitative estimate of drug-likeness (QED) is 0.771. The van der Waals surface area contributed by atoms with Crippen LogP contribution in [-0.2, 0) is 4.79 Å². The van der Waals surface area contributed by atoms with E-state index in [9.17, 15) is 9.59 Å². The summed E-state index contributed by atoms with van der Waals surface area (Å²) in [6.07, 6.45) is 4.82. The number of aromatic amines is 1. The molecule has 7 heteroatoms. The molecule has 1 aliphatic heterocycles. The molecule has 0 unspecified atom stereocenters. The minimum atomic E-state index is -0.146. The first-order chi connectivity index (χ1) is 9.72. The van der Waals surface area contributed by atoms with Crippen LogP contribution in [0.15, 0.2) is 6.33 Å². The SMILES string of the molecule is CCCCNC(=O)C1CCN(C(=O)c2ncn[nH]2)CC1. The number of hydrogen-bond donors (Lipinski definition) is 2. The number of carbonyl (C=O) groups excluding carboxylic acids is 2. The molecule has 1 saturated heterocycles. The number of H-pyrrole nitrogens is 1. The molecular weight excluding hydrogens is 258 g/mol. The number of carbonyl (C=O) groups is 2. The molecule has 0 aromatic carbocycles. The highest BCUT2D eigenvalue weighted by atomic mass is 16.2. The zero-order valence-corrected chi connectivity index (χ0v) is 11.8. The predicted molar refractivity (Wildman–Crippen MR) is 72.9 cm³/mol. The molecule has 0 atom stereocenters. The second-order valence-electron chi connectivity index (χ2n) is 5.05. The molecule has 2 rings (SSSR count). The zero-order valence-electron chi connectivity index (χ0n) is 11.8. The molecule has 1 aliphatic rings. The molecular formula is C13H21N5O2. The number of likely N-dealkylation sites (tertiary alicyclic amines) is 1. The second kappa shape index (κ2) is 7.02. The maximum atomic E-state index is 12.0. The van der Waals surface area contributed by atoms with Crippen molar-refractivity contribution in [1.82, 2.24) is 25.4 Å². The van der Waals surface area contributed by atoms with Crippen LogP contribution in [0.4, 0.5) is 0 Å². The summed E-state index contributed by atoms with van der Waals surface area (Å²) in [6.45, 7) is 4.02. The largest absolute Gasteiger partial charge is 0.356 e. The van der Waals surface area contributed by atoms with E-state index < -0.39 is 0 Å². The Labute approximate surface area is 118 Å². The van der Waals surface area contributed by atoms with Gasteiger partial charge in [-0.3, -0.25) is 14.7 Å². The van der Waals surface area contributed by atoms with Crippen molar-refractivity contribution in [3.05, 3.63) is 12.2 Å². The number of rotatable bonds is 5. The van der Waals surface area contributed by atoms with Crippen molar-refractivity contribution < 1.29 is 9.59 Å². The molecule has 0 bridgehead atoms. The molecule has 20 heavy (non-hydrogen) atoms. The summed E-state index contributed by atoms with van der Waals surface area (Å²) in [6, 6.07) is 0. The molecule has 7 nitrogen and oxygen atoms in total. The molecule has 0 saturated carbocycles. The Morgan fingerprint density at radius 1 is 1.45 bits per heavy atom. The van der Waals surface area contributed by atoms with E-state index in [0.29, 0.717) is 25.9 Å². The number of nitrogens with one attached hydrogen (secondary N) is 2. The highest BCUT2D eigenvalue weighted by Gasteiger charge is 2.28. The molecule has 2 N–H and O–H groups in total. The van der Waals surface area contributed by atoms with Crippen LogP contribution in [0.1, 0.15) is 43.2 Å². The first-order valence-corrected chi connectivity index (χ1v) is 7.14. The number of piperidine rings is 1. The van der Waals surface area contributed by atoms with Gasteiger partial charge < -0.3 is 10.2 Å². The van der Waals surface area contributed by atoms with Gasteiger partial charge in [0, 0.05) is 25.6 Å². The van der Waals surface area contributed by atoms with E-state index in [-0.39, 0.29) is 23.6 Å². The first kappa shape index (κ1) is 14.5. The maximum Gasteiger partial charge on any atom is 0.291 e. The normalized spacial score (nSPS) is 16.1. The number of amides is 2. The Balaban J connectivity index is 1.77. The lowest BCUT2D eigenvalue weighted by atomic mass is 9.96. The summed E-state index contributed by atoms with van der Waals surface area (Å²) >= 11 is 0. The van der Waals surface area contributed by atoms with Gasteiger partial charge in [-0.25, -0.2) is 4.98 Å². The summed E-state index contributed by atoms with van der Waals surface area (Å²) in [4.78, 5) is 29.6. The summed E-state index contributed by atoms with van der Waals surface area (Å²) in [5.41, 5.74) is 0. The number of unbranched alkanes of at least 4 members (excludes halogenated alkanes) is 1.